The van der Waals surface area contributed by atoms with E-state index in [1.807, 2.05) is 0 Å². The van der Waals surface area contributed by atoms with Crippen molar-refractivity contribution in [2.24, 2.45) is 15.4 Å². The van der Waals surface area contributed by atoms with E-state index in [9.17, 15) is 0 Å². The lowest BCUT2D eigenvalue weighted by atomic mass is 9.83. The fourth-order valence-corrected chi connectivity index (χ4v) is 6.09. The number of nitrogens with zero attached hydrogens (tertiary/aromatic N) is 2. The quantitative estimate of drug-likeness (QED) is 0.368. The number of allylic oxidation sites excluding steroid dienone is 5. The minimum atomic E-state index is 0.0355. The van der Waals surface area contributed by atoms with Crippen LogP contribution in [0.4, 0.5) is 0 Å². The number of aromatic nitrogens is 1. The van der Waals surface area contributed by atoms with E-state index in [2.05, 4.69) is 100 Å². The van der Waals surface area contributed by atoms with E-state index in [1.54, 1.807) is 0 Å². The van der Waals surface area contributed by atoms with E-state index in [0.717, 1.165) is 55.6 Å². The van der Waals surface area contributed by atoms with Crippen LogP contribution in [0, 0.1) is 5.41 Å². The zero-order chi connectivity index (χ0) is 27.7. The molecule has 3 heteroatoms. The molecule has 0 radical (unpaired) electrons. The maximum atomic E-state index is 5.28. The van der Waals surface area contributed by atoms with Crippen molar-refractivity contribution in [1.29, 1.82) is 0 Å². The molecule has 0 aliphatic carbocycles. The van der Waals surface area contributed by atoms with Gasteiger partial charge in [0.2, 0.25) is 0 Å². The molecule has 3 heterocycles. The summed E-state index contributed by atoms with van der Waals surface area (Å²) in [5.41, 5.74) is 15.7. The van der Waals surface area contributed by atoms with E-state index in [4.69, 9.17) is 9.98 Å². The molecule has 0 aromatic carbocycles. The van der Waals surface area contributed by atoms with Gasteiger partial charge >= 0.3 is 0 Å². The fraction of sp³-hybridized carbons (Fsp3) is 0.588. The predicted octanol–water partition coefficient (Wildman–Crippen LogP) is 9.85. The molecule has 1 aromatic rings. The van der Waals surface area contributed by atoms with Crippen LogP contribution in [0.15, 0.2) is 49.7 Å². The van der Waals surface area contributed by atoms with Crippen molar-refractivity contribution in [3.05, 3.63) is 62.3 Å². The molecule has 0 atom stereocenters. The Kier molecular flexibility index (Phi) is 8.77. The number of aromatic amines is 1. The Labute approximate surface area is 227 Å². The molecule has 2 aliphatic rings. The maximum absolute atomic E-state index is 5.28. The zero-order valence-electron chi connectivity index (χ0n) is 25.8. The first-order valence-electron chi connectivity index (χ1n) is 14.7. The largest absolute Gasteiger partial charge is 0.358 e. The third kappa shape index (κ3) is 5.56. The highest BCUT2D eigenvalue weighted by Gasteiger charge is 2.31. The van der Waals surface area contributed by atoms with Gasteiger partial charge in [-0.3, -0.25) is 4.99 Å². The van der Waals surface area contributed by atoms with Crippen molar-refractivity contribution in [3.8, 4) is 0 Å². The Morgan fingerprint density at radius 3 is 1.54 bits per heavy atom. The van der Waals surface area contributed by atoms with Crippen LogP contribution in [0.1, 0.15) is 131 Å². The van der Waals surface area contributed by atoms with Crippen LogP contribution in [0.2, 0.25) is 0 Å². The molecule has 1 aromatic heterocycles. The number of rotatable bonds is 8. The van der Waals surface area contributed by atoms with Crippen LogP contribution in [0.25, 0.3) is 6.08 Å². The topological polar surface area (TPSA) is 40.5 Å². The van der Waals surface area contributed by atoms with Gasteiger partial charge in [0.1, 0.15) is 0 Å². The highest BCUT2D eigenvalue weighted by atomic mass is 14.9. The van der Waals surface area contributed by atoms with Crippen LogP contribution in [0.5, 0.6) is 0 Å². The van der Waals surface area contributed by atoms with Crippen molar-refractivity contribution in [1.82, 2.24) is 4.98 Å². The third-order valence-electron chi connectivity index (χ3n) is 7.80. The van der Waals surface area contributed by atoms with Gasteiger partial charge in [0.15, 0.2) is 0 Å². The van der Waals surface area contributed by atoms with Gasteiger partial charge in [-0.2, -0.15) is 0 Å². The summed E-state index contributed by atoms with van der Waals surface area (Å²) in [6.45, 7) is 27.3. The number of aliphatic imine (C=N–C) groups is 2. The SMILES string of the molecule is CCC1=C(CC)/C(=C/c2[nH]c(C(C)(C)C)c(CC)c2CC)N=C1/C=C1\N=C(C(C)(C)C)C(CC)=C1CC. The molecule has 202 valence electrons. The lowest BCUT2D eigenvalue weighted by molar-refractivity contribution is 0.565. The minimum absolute atomic E-state index is 0.0355. The standard InChI is InChI=1S/C34H51N3/c1-13-21-22(14-2)28(20-30-24(16-4)26(18-6)32(37-30)34(10,11)12)35-27(21)19-29-23(15-3)25(17-5)31(36-29)33(7,8)9/h19-20,36H,13-18H2,1-12H3/b27-19-,30-20-. The summed E-state index contributed by atoms with van der Waals surface area (Å²) in [7, 11) is 0. The van der Waals surface area contributed by atoms with Crippen molar-refractivity contribution >= 4 is 17.5 Å². The average Bonchev–Trinajstić information content (AvgIpc) is 3.48. The summed E-state index contributed by atoms with van der Waals surface area (Å²) < 4.78 is 0. The second kappa shape index (κ2) is 11.1. The maximum Gasteiger partial charge on any atom is 0.0694 e. The second-order valence-electron chi connectivity index (χ2n) is 12.4. The summed E-state index contributed by atoms with van der Waals surface area (Å²) in [5, 5.41) is 0. The molecule has 1 N–H and O–H groups in total. The van der Waals surface area contributed by atoms with Crippen LogP contribution in [0.3, 0.4) is 0 Å². The summed E-state index contributed by atoms with van der Waals surface area (Å²) in [6, 6.07) is 0. The molecule has 0 amide bonds. The number of H-pyrrole nitrogens is 1. The highest BCUT2D eigenvalue weighted by Crippen LogP contribution is 2.39. The van der Waals surface area contributed by atoms with Crippen molar-refractivity contribution in [2.75, 3.05) is 0 Å². The van der Waals surface area contributed by atoms with Crippen molar-refractivity contribution < 1.29 is 0 Å². The van der Waals surface area contributed by atoms with Crippen LogP contribution in [-0.2, 0) is 18.3 Å². The number of hydrogen-bond acceptors (Lipinski definition) is 2. The summed E-state index contributed by atoms with van der Waals surface area (Å²) >= 11 is 0. The first-order valence-corrected chi connectivity index (χ1v) is 14.7. The van der Waals surface area contributed by atoms with E-state index in [-0.39, 0.29) is 10.8 Å². The molecular weight excluding hydrogens is 450 g/mol. The number of hydrogen-bond donors (Lipinski definition) is 1. The molecule has 0 bridgehead atoms. The molecule has 0 fully saturated rings. The third-order valence-corrected chi connectivity index (χ3v) is 7.80. The van der Waals surface area contributed by atoms with E-state index in [1.165, 1.54) is 50.5 Å². The van der Waals surface area contributed by atoms with Gasteiger partial charge in [0.05, 0.1) is 17.1 Å². The molecular formula is C34H51N3. The van der Waals surface area contributed by atoms with Crippen molar-refractivity contribution in [3.63, 3.8) is 0 Å². The predicted molar refractivity (Wildman–Crippen MR) is 164 cm³/mol. The lowest BCUT2D eigenvalue weighted by Gasteiger charge is -2.20. The van der Waals surface area contributed by atoms with Crippen LogP contribution >= 0.6 is 0 Å². The van der Waals surface area contributed by atoms with E-state index in [0.29, 0.717) is 0 Å². The summed E-state index contributed by atoms with van der Waals surface area (Å²) in [6.07, 6.45) is 10.6. The van der Waals surface area contributed by atoms with Gasteiger partial charge < -0.3 is 4.98 Å². The Bertz CT molecular complexity index is 1220. The first-order chi connectivity index (χ1) is 17.4. The Morgan fingerprint density at radius 2 is 1.08 bits per heavy atom. The van der Waals surface area contributed by atoms with Gasteiger partial charge in [-0.15, -0.1) is 0 Å². The second-order valence-corrected chi connectivity index (χ2v) is 12.4. The normalized spacial score (nSPS) is 19.1. The molecule has 3 nitrogen and oxygen atoms in total. The van der Waals surface area contributed by atoms with Gasteiger partial charge in [-0.25, -0.2) is 4.99 Å². The fourth-order valence-electron chi connectivity index (χ4n) is 6.09. The van der Waals surface area contributed by atoms with Gasteiger partial charge in [-0.05, 0) is 84.1 Å². The Hall–Kier alpha value is -2.42. The van der Waals surface area contributed by atoms with Gasteiger partial charge in [-0.1, -0.05) is 83.1 Å². The average molecular weight is 502 g/mol. The molecule has 2 aliphatic heterocycles. The first kappa shape index (κ1) is 29.1. The van der Waals surface area contributed by atoms with E-state index >= 15 is 0 Å². The minimum Gasteiger partial charge on any atom is -0.358 e. The van der Waals surface area contributed by atoms with Gasteiger partial charge in [0, 0.05) is 27.9 Å². The molecule has 37 heavy (non-hydrogen) atoms. The molecule has 3 rings (SSSR count). The zero-order valence-corrected chi connectivity index (χ0v) is 25.8. The molecule has 0 spiro atoms. The molecule has 0 unspecified atom stereocenters. The lowest BCUT2D eigenvalue weighted by Crippen LogP contribution is -2.20. The van der Waals surface area contributed by atoms with Crippen LogP contribution in [-0.4, -0.2) is 16.4 Å². The summed E-state index contributed by atoms with van der Waals surface area (Å²) in [5.74, 6) is 0. The molecule has 0 saturated carbocycles. The molecule has 0 saturated heterocycles. The highest BCUT2D eigenvalue weighted by molar-refractivity contribution is 6.15. The van der Waals surface area contributed by atoms with Gasteiger partial charge in [0.25, 0.3) is 0 Å². The smallest absolute Gasteiger partial charge is 0.0694 e. The summed E-state index contributed by atoms with van der Waals surface area (Å²) in [4.78, 5) is 14.3. The van der Waals surface area contributed by atoms with Crippen molar-refractivity contribution in [2.45, 2.75) is 127 Å². The van der Waals surface area contributed by atoms with E-state index < -0.39 is 0 Å². The Morgan fingerprint density at radius 1 is 0.568 bits per heavy atom. The Balaban J connectivity index is 2.20. The number of nitrogens with one attached hydrogen (secondary N) is 1. The van der Waals surface area contributed by atoms with Crippen LogP contribution < -0.4 is 0 Å². The monoisotopic (exact) mass is 501 g/mol.